The summed E-state index contributed by atoms with van der Waals surface area (Å²) in [6.07, 6.45) is 0. The summed E-state index contributed by atoms with van der Waals surface area (Å²) in [6.45, 7) is 0. The molecule has 58 heavy (non-hydrogen) atoms. The lowest BCUT2D eigenvalue weighted by atomic mass is 9.95. The van der Waals surface area contributed by atoms with E-state index in [-0.39, 0.29) is 0 Å². The molecular weight excluding hydrogens is 707 g/mol. The van der Waals surface area contributed by atoms with E-state index in [0.29, 0.717) is 0 Å². The van der Waals surface area contributed by atoms with Crippen LogP contribution in [0.3, 0.4) is 0 Å². The van der Waals surface area contributed by atoms with Crippen molar-refractivity contribution in [2.45, 2.75) is 0 Å². The van der Waals surface area contributed by atoms with Crippen molar-refractivity contribution in [2.75, 3.05) is 15.5 Å². The molecule has 4 nitrogen and oxygen atoms in total. The molecule has 0 radical (unpaired) electrons. The van der Waals surface area contributed by atoms with Gasteiger partial charge in [-0.2, -0.15) is 0 Å². The van der Waals surface area contributed by atoms with Gasteiger partial charge in [0.1, 0.15) is 0 Å². The van der Waals surface area contributed by atoms with Gasteiger partial charge in [-0.1, -0.05) is 140 Å². The lowest BCUT2D eigenvalue weighted by Crippen LogP contribution is -2.15. The van der Waals surface area contributed by atoms with Crippen LogP contribution in [0.1, 0.15) is 0 Å². The smallest absolute Gasteiger partial charge is 0.152 e. The van der Waals surface area contributed by atoms with Crippen molar-refractivity contribution in [2.24, 2.45) is 0 Å². The topological polar surface area (TPSA) is 36.5 Å². The predicted octanol–water partition coefficient (Wildman–Crippen LogP) is 15.4. The van der Waals surface area contributed by atoms with E-state index in [9.17, 15) is 0 Å². The molecule has 1 heterocycles. The van der Waals surface area contributed by atoms with Gasteiger partial charge in [0.05, 0.1) is 11.4 Å². The minimum atomic E-state index is 0.797. The highest BCUT2D eigenvalue weighted by Crippen LogP contribution is 2.52. The minimum absolute atomic E-state index is 0.797. The Labute approximate surface area is 339 Å². The van der Waals surface area contributed by atoms with Crippen molar-refractivity contribution >= 4 is 39.8 Å². The van der Waals surface area contributed by atoms with Crippen LogP contribution >= 0.6 is 0 Å². The monoisotopic (exact) mass is 745 g/mol. The van der Waals surface area contributed by atoms with Crippen molar-refractivity contribution < 1.29 is 4.74 Å². The molecule has 4 heteroatoms. The number of nitrogens with zero attached hydrogens (tertiary/aromatic N) is 1. The molecule has 9 aromatic carbocycles. The van der Waals surface area contributed by atoms with Crippen LogP contribution in [-0.4, -0.2) is 0 Å². The third-order valence-electron chi connectivity index (χ3n) is 10.6. The maximum absolute atomic E-state index is 6.92. The summed E-state index contributed by atoms with van der Waals surface area (Å²) >= 11 is 0. The molecular formula is C54H39N3O. The molecule has 0 atom stereocenters. The standard InChI is InChI=1S/C54H39N3O/c1-6-16-38(17-7-1)47-34-40(26-30-49(47)55-44-20-10-3-11-21-44)42-28-32-51-53(36-42)58-54-37-43(29-33-52(54)57(51)46-24-14-5-15-25-46)41-27-31-50(56-45-22-12-4-13-23-45)48(35-41)39-18-8-2-9-19-39/h1-37,55-56H. The molecule has 10 rings (SSSR count). The van der Waals surface area contributed by atoms with Crippen LogP contribution in [0.5, 0.6) is 11.5 Å². The summed E-state index contributed by atoms with van der Waals surface area (Å²) in [5, 5.41) is 7.29. The van der Waals surface area contributed by atoms with Gasteiger partial charge in [-0.3, -0.25) is 0 Å². The molecule has 9 aromatic rings. The fourth-order valence-electron chi connectivity index (χ4n) is 7.76. The molecule has 2 N–H and O–H groups in total. The summed E-state index contributed by atoms with van der Waals surface area (Å²) < 4.78 is 6.92. The van der Waals surface area contributed by atoms with Gasteiger partial charge in [-0.25, -0.2) is 0 Å². The minimum Gasteiger partial charge on any atom is -0.453 e. The molecule has 0 saturated heterocycles. The summed E-state index contributed by atoms with van der Waals surface area (Å²) in [6, 6.07) is 78.6. The van der Waals surface area contributed by atoms with E-state index in [0.717, 1.165) is 95.8 Å². The van der Waals surface area contributed by atoms with Gasteiger partial charge in [-0.15, -0.1) is 0 Å². The van der Waals surface area contributed by atoms with E-state index in [1.54, 1.807) is 0 Å². The van der Waals surface area contributed by atoms with Gasteiger partial charge < -0.3 is 20.3 Å². The largest absolute Gasteiger partial charge is 0.453 e. The van der Waals surface area contributed by atoms with Crippen LogP contribution in [0.2, 0.25) is 0 Å². The van der Waals surface area contributed by atoms with Gasteiger partial charge in [0.25, 0.3) is 0 Å². The Kier molecular flexibility index (Phi) is 9.18. The number of fused-ring (bicyclic) bond motifs is 2. The fraction of sp³-hybridized carbons (Fsp3) is 0. The summed E-state index contributed by atoms with van der Waals surface area (Å²) in [7, 11) is 0. The normalized spacial score (nSPS) is 11.6. The second-order valence-electron chi connectivity index (χ2n) is 14.4. The Hall–Kier alpha value is -7.82. The van der Waals surface area contributed by atoms with Crippen molar-refractivity contribution in [3.8, 4) is 56.0 Å². The predicted molar refractivity (Wildman–Crippen MR) is 242 cm³/mol. The highest BCUT2D eigenvalue weighted by molar-refractivity contribution is 5.92. The molecule has 0 aromatic heterocycles. The van der Waals surface area contributed by atoms with Crippen LogP contribution in [0.15, 0.2) is 224 Å². The van der Waals surface area contributed by atoms with Gasteiger partial charge in [0.2, 0.25) is 0 Å². The number of ether oxygens (including phenoxy) is 1. The van der Waals surface area contributed by atoms with Crippen LogP contribution in [-0.2, 0) is 0 Å². The number of nitrogens with one attached hydrogen (secondary N) is 2. The van der Waals surface area contributed by atoms with E-state index in [1.807, 2.05) is 36.4 Å². The number of rotatable bonds is 9. The van der Waals surface area contributed by atoms with Crippen LogP contribution < -0.4 is 20.3 Å². The number of anilines is 7. The average molecular weight is 746 g/mol. The zero-order chi connectivity index (χ0) is 38.7. The van der Waals surface area contributed by atoms with Gasteiger partial charge in [0.15, 0.2) is 11.5 Å². The van der Waals surface area contributed by atoms with E-state index >= 15 is 0 Å². The highest BCUT2D eigenvalue weighted by Gasteiger charge is 2.27. The Morgan fingerprint density at radius 2 is 0.672 bits per heavy atom. The molecule has 0 saturated carbocycles. The van der Waals surface area contributed by atoms with Crippen LogP contribution in [0, 0.1) is 0 Å². The fourth-order valence-corrected chi connectivity index (χ4v) is 7.76. The van der Waals surface area contributed by atoms with E-state index < -0.39 is 0 Å². The molecule has 0 spiro atoms. The van der Waals surface area contributed by atoms with Crippen molar-refractivity contribution in [3.05, 3.63) is 224 Å². The van der Waals surface area contributed by atoms with Crippen molar-refractivity contribution in [1.82, 2.24) is 0 Å². The molecule has 1 aliphatic heterocycles. The first-order valence-electron chi connectivity index (χ1n) is 19.6. The Morgan fingerprint density at radius 3 is 1.10 bits per heavy atom. The third kappa shape index (κ3) is 6.95. The van der Waals surface area contributed by atoms with Crippen molar-refractivity contribution in [1.29, 1.82) is 0 Å². The number of hydrogen-bond acceptors (Lipinski definition) is 4. The first kappa shape index (κ1) is 34.7. The quantitative estimate of drug-likeness (QED) is 0.154. The van der Waals surface area contributed by atoms with E-state index in [4.69, 9.17) is 4.74 Å². The summed E-state index contributed by atoms with van der Waals surface area (Å²) in [5.74, 6) is 1.59. The van der Waals surface area contributed by atoms with Crippen molar-refractivity contribution in [3.63, 3.8) is 0 Å². The summed E-state index contributed by atoms with van der Waals surface area (Å²) in [4.78, 5) is 2.30. The molecule has 0 bridgehead atoms. The van der Waals surface area contributed by atoms with Crippen LogP contribution in [0.25, 0.3) is 44.5 Å². The average Bonchev–Trinajstić information content (AvgIpc) is 3.29. The van der Waals surface area contributed by atoms with E-state index in [2.05, 4.69) is 204 Å². The molecule has 0 unspecified atom stereocenters. The first-order chi connectivity index (χ1) is 28.7. The molecule has 0 amide bonds. The molecule has 0 aliphatic carbocycles. The zero-order valence-corrected chi connectivity index (χ0v) is 31.7. The second kappa shape index (κ2) is 15.4. The Morgan fingerprint density at radius 1 is 0.310 bits per heavy atom. The number of hydrogen-bond donors (Lipinski definition) is 2. The molecule has 1 aliphatic rings. The van der Waals surface area contributed by atoms with Crippen LogP contribution in [0.4, 0.5) is 39.8 Å². The maximum atomic E-state index is 6.92. The highest BCUT2D eigenvalue weighted by atomic mass is 16.5. The summed E-state index contributed by atoms with van der Waals surface area (Å²) in [5.41, 5.74) is 16.1. The molecule has 0 fully saturated rings. The van der Waals surface area contributed by atoms with E-state index in [1.165, 1.54) is 0 Å². The Bertz CT molecular complexity index is 2670. The lowest BCUT2D eigenvalue weighted by molar-refractivity contribution is 0.477. The number of benzene rings is 9. The maximum Gasteiger partial charge on any atom is 0.152 e. The molecule has 276 valence electrons. The van der Waals surface area contributed by atoms with Gasteiger partial charge in [0, 0.05) is 39.6 Å². The van der Waals surface area contributed by atoms with Gasteiger partial charge >= 0.3 is 0 Å². The third-order valence-corrected chi connectivity index (χ3v) is 10.6. The first-order valence-corrected chi connectivity index (χ1v) is 19.6. The lowest BCUT2D eigenvalue weighted by Gasteiger charge is -2.33. The number of para-hydroxylation sites is 3. The Balaban J connectivity index is 1.05. The second-order valence-corrected chi connectivity index (χ2v) is 14.4. The zero-order valence-electron chi connectivity index (χ0n) is 31.7. The van der Waals surface area contributed by atoms with Gasteiger partial charge in [-0.05, 0) is 118 Å². The SMILES string of the molecule is c1ccc(Nc2ccc(-c3ccc4c(c3)Oc3cc(-c5ccc(Nc6ccccc6)c(-c6ccccc6)c5)ccc3N4c3ccccc3)cc2-c2ccccc2)cc1.